The smallest absolute Gasteiger partial charge is 0.337 e. The van der Waals surface area contributed by atoms with Gasteiger partial charge in [-0.2, -0.15) is 0 Å². The minimum absolute atomic E-state index is 0.0524. The van der Waals surface area contributed by atoms with Crippen LogP contribution in [0.15, 0.2) is 42.6 Å². The number of carboxylic acids is 1. The fourth-order valence-electron chi connectivity index (χ4n) is 1.78. The Bertz CT molecular complexity index is 582. The van der Waals surface area contributed by atoms with Crippen molar-refractivity contribution < 1.29 is 14.3 Å². The first-order valence-corrected chi connectivity index (χ1v) is 6.23. The van der Waals surface area contributed by atoms with Gasteiger partial charge in [-0.25, -0.2) is 9.18 Å². The van der Waals surface area contributed by atoms with E-state index in [9.17, 15) is 9.18 Å². The average Bonchev–Trinajstić information content (AvgIpc) is 2.46. The Kier molecular flexibility index (Phi) is 4.42. The number of nitrogens with zero attached hydrogens (tertiary/aromatic N) is 1. The third kappa shape index (κ3) is 3.61. The lowest BCUT2D eigenvalue weighted by Gasteiger charge is -2.14. The van der Waals surface area contributed by atoms with Crippen molar-refractivity contribution in [3.05, 3.63) is 65.2 Å². The van der Waals surface area contributed by atoms with E-state index >= 15 is 0 Å². The summed E-state index contributed by atoms with van der Waals surface area (Å²) in [6.07, 6.45) is 1.34. The van der Waals surface area contributed by atoms with Gasteiger partial charge in [0.25, 0.3) is 0 Å². The van der Waals surface area contributed by atoms with Crippen molar-refractivity contribution in [1.29, 1.82) is 0 Å². The summed E-state index contributed by atoms with van der Waals surface area (Å²) in [5.74, 6) is -1.25. The average molecular weight is 274 g/mol. The molecule has 1 aromatic carbocycles. The van der Waals surface area contributed by atoms with Gasteiger partial charge in [-0.15, -0.1) is 0 Å². The molecule has 0 bridgehead atoms. The molecule has 0 saturated carbocycles. The molecule has 0 unspecified atom stereocenters. The van der Waals surface area contributed by atoms with E-state index in [0.717, 1.165) is 11.3 Å². The van der Waals surface area contributed by atoms with Gasteiger partial charge in [0.1, 0.15) is 5.82 Å². The summed E-state index contributed by atoms with van der Waals surface area (Å²) in [4.78, 5) is 14.8. The molecular formula is C15H15FN2O2. The number of aromatic nitrogens is 1. The summed E-state index contributed by atoms with van der Waals surface area (Å²) in [6, 6.07) is 9.56. The lowest BCUT2D eigenvalue weighted by atomic mass is 10.1. The highest BCUT2D eigenvalue weighted by Crippen LogP contribution is 2.13. The first-order chi connectivity index (χ1) is 9.56. The molecule has 1 heterocycles. The first-order valence-electron chi connectivity index (χ1n) is 6.23. The van der Waals surface area contributed by atoms with Crippen LogP contribution in [0, 0.1) is 5.82 Å². The van der Waals surface area contributed by atoms with Crippen molar-refractivity contribution in [2.45, 2.75) is 19.5 Å². The molecule has 0 aliphatic heterocycles. The predicted molar refractivity (Wildman–Crippen MR) is 72.9 cm³/mol. The van der Waals surface area contributed by atoms with Gasteiger partial charge in [-0.05, 0) is 36.8 Å². The van der Waals surface area contributed by atoms with Crippen molar-refractivity contribution in [2.75, 3.05) is 0 Å². The number of rotatable bonds is 5. The summed E-state index contributed by atoms with van der Waals surface area (Å²) in [7, 11) is 0. The zero-order valence-corrected chi connectivity index (χ0v) is 11.0. The lowest BCUT2D eigenvalue weighted by Crippen LogP contribution is -2.18. The highest BCUT2D eigenvalue weighted by Gasteiger charge is 2.06. The molecule has 2 aromatic rings. The van der Waals surface area contributed by atoms with E-state index in [2.05, 4.69) is 10.3 Å². The Labute approximate surface area is 116 Å². The van der Waals surface area contributed by atoms with Crippen LogP contribution in [-0.2, 0) is 6.54 Å². The summed E-state index contributed by atoms with van der Waals surface area (Å²) in [6.45, 7) is 2.48. The largest absolute Gasteiger partial charge is 0.478 e. The van der Waals surface area contributed by atoms with Gasteiger partial charge in [0.15, 0.2) is 0 Å². The zero-order chi connectivity index (χ0) is 14.5. The van der Waals surface area contributed by atoms with Crippen molar-refractivity contribution in [2.24, 2.45) is 0 Å². The molecule has 104 valence electrons. The van der Waals surface area contributed by atoms with Crippen LogP contribution in [0.3, 0.4) is 0 Å². The standard InChI is InChI=1S/C15H15FN2O2/c1-10(11-2-5-13(16)6-3-11)17-9-14-7-4-12(8-18-14)15(19)20/h2-8,10,17H,9H2,1H3,(H,19,20)/t10-/m1/s1. The number of nitrogens with one attached hydrogen (secondary N) is 1. The van der Waals surface area contributed by atoms with Gasteiger partial charge in [-0.1, -0.05) is 12.1 Å². The maximum Gasteiger partial charge on any atom is 0.337 e. The van der Waals surface area contributed by atoms with E-state index in [-0.39, 0.29) is 17.4 Å². The van der Waals surface area contributed by atoms with Crippen LogP contribution in [0.2, 0.25) is 0 Å². The molecular weight excluding hydrogens is 259 g/mol. The Balaban J connectivity index is 1.94. The SMILES string of the molecule is C[C@@H](NCc1ccc(C(=O)O)cn1)c1ccc(F)cc1. The van der Waals surface area contributed by atoms with Crippen molar-refractivity contribution in [3.63, 3.8) is 0 Å². The molecule has 0 aliphatic carbocycles. The number of hydrogen-bond donors (Lipinski definition) is 2. The number of halogens is 1. The third-order valence-electron chi connectivity index (χ3n) is 3.03. The highest BCUT2D eigenvalue weighted by atomic mass is 19.1. The first kappa shape index (κ1) is 14.1. The Morgan fingerprint density at radius 3 is 2.55 bits per heavy atom. The Hall–Kier alpha value is -2.27. The highest BCUT2D eigenvalue weighted by molar-refractivity contribution is 5.87. The molecule has 0 spiro atoms. The quantitative estimate of drug-likeness (QED) is 0.880. The summed E-state index contributed by atoms with van der Waals surface area (Å²) in [5, 5.41) is 12.0. The maximum absolute atomic E-state index is 12.8. The molecule has 20 heavy (non-hydrogen) atoms. The van der Waals surface area contributed by atoms with Crippen LogP contribution < -0.4 is 5.32 Å². The molecule has 0 saturated heterocycles. The van der Waals surface area contributed by atoms with Crippen molar-refractivity contribution >= 4 is 5.97 Å². The van der Waals surface area contributed by atoms with Crippen molar-refractivity contribution in [1.82, 2.24) is 10.3 Å². The fraction of sp³-hybridized carbons (Fsp3) is 0.200. The minimum atomic E-state index is -0.989. The third-order valence-corrected chi connectivity index (χ3v) is 3.03. The van der Waals surface area contributed by atoms with Gasteiger partial charge in [0, 0.05) is 18.8 Å². The van der Waals surface area contributed by atoms with Gasteiger partial charge in [-0.3, -0.25) is 4.98 Å². The fourth-order valence-corrected chi connectivity index (χ4v) is 1.78. The van der Waals surface area contributed by atoms with E-state index < -0.39 is 5.97 Å². The minimum Gasteiger partial charge on any atom is -0.478 e. The van der Waals surface area contributed by atoms with E-state index in [4.69, 9.17) is 5.11 Å². The van der Waals surface area contributed by atoms with E-state index in [0.29, 0.717) is 6.54 Å². The van der Waals surface area contributed by atoms with Gasteiger partial charge >= 0.3 is 5.97 Å². The topological polar surface area (TPSA) is 62.2 Å². The lowest BCUT2D eigenvalue weighted by molar-refractivity contribution is 0.0696. The molecule has 0 radical (unpaired) electrons. The second kappa shape index (κ2) is 6.25. The number of pyridine rings is 1. The summed E-state index contributed by atoms with van der Waals surface area (Å²) < 4.78 is 12.8. The molecule has 0 fully saturated rings. The van der Waals surface area contributed by atoms with E-state index in [1.807, 2.05) is 6.92 Å². The second-order valence-corrected chi connectivity index (χ2v) is 4.50. The summed E-state index contributed by atoms with van der Waals surface area (Å²) >= 11 is 0. The molecule has 4 nitrogen and oxygen atoms in total. The van der Waals surface area contributed by atoms with Crippen LogP contribution in [0.25, 0.3) is 0 Å². The zero-order valence-electron chi connectivity index (χ0n) is 11.0. The number of carboxylic acid groups (broad SMARTS) is 1. The molecule has 2 N–H and O–H groups in total. The molecule has 0 amide bonds. The maximum atomic E-state index is 12.8. The second-order valence-electron chi connectivity index (χ2n) is 4.50. The summed E-state index contributed by atoms with van der Waals surface area (Å²) in [5.41, 5.74) is 1.90. The Morgan fingerprint density at radius 2 is 2.00 bits per heavy atom. The van der Waals surface area contributed by atoms with Crippen LogP contribution in [-0.4, -0.2) is 16.1 Å². The van der Waals surface area contributed by atoms with Crippen molar-refractivity contribution in [3.8, 4) is 0 Å². The number of carbonyl (C=O) groups is 1. The van der Waals surface area contributed by atoms with Crippen LogP contribution >= 0.6 is 0 Å². The van der Waals surface area contributed by atoms with Crippen LogP contribution in [0.4, 0.5) is 4.39 Å². The van der Waals surface area contributed by atoms with Gasteiger partial charge in [0.05, 0.1) is 11.3 Å². The number of hydrogen-bond acceptors (Lipinski definition) is 3. The normalized spacial score (nSPS) is 12.1. The monoisotopic (exact) mass is 274 g/mol. The molecule has 2 rings (SSSR count). The van der Waals surface area contributed by atoms with Gasteiger partial charge in [0.2, 0.25) is 0 Å². The molecule has 0 aliphatic rings. The Morgan fingerprint density at radius 1 is 1.30 bits per heavy atom. The molecule has 5 heteroatoms. The predicted octanol–water partition coefficient (Wildman–Crippen LogP) is 2.77. The van der Waals surface area contributed by atoms with Crippen LogP contribution in [0.1, 0.15) is 34.6 Å². The number of benzene rings is 1. The van der Waals surface area contributed by atoms with E-state index in [1.54, 1.807) is 18.2 Å². The molecule has 1 atom stereocenters. The number of aromatic carboxylic acids is 1. The van der Waals surface area contributed by atoms with Gasteiger partial charge < -0.3 is 10.4 Å². The molecule has 1 aromatic heterocycles. The van der Waals surface area contributed by atoms with Crippen LogP contribution in [0.5, 0.6) is 0 Å². The van der Waals surface area contributed by atoms with E-state index in [1.165, 1.54) is 24.4 Å².